The van der Waals surface area contributed by atoms with Crippen LogP contribution in [0.5, 0.6) is 11.5 Å². The van der Waals surface area contributed by atoms with Crippen molar-refractivity contribution in [2.75, 3.05) is 19.8 Å². The first-order chi connectivity index (χ1) is 12.3. The minimum Gasteiger partial charge on any atom is -0.486 e. The molecule has 0 spiro atoms. The lowest BCUT2D eigenvalue weighted by molar-refractivity contribution is 0.140. The third-order valence-electron chi connectivity index (χ3n) is 3.51. The van der Waals surface area contributed by atoms with Gasteiger partial charge >= 0.3 is 6.09 Å². The summed E-state index contributed by atoms with van der Waals surface area (Å²) in [7, 11) is 0. The van der Waals surface area contributed by atoms with Gasteiger partial charge in [0.05, 0.1) is 0 Å². The summed E-state index contributed by atoms with van der Waals surface area (Å²) in [6, 6.07) is 15.2. The van der Waals surface area contributed by atoms with Gasteiger partial charge in [-0.25, -0.2) is 4.79 Å². The molecule has 0 radical (unpaired) electrons. The first kappa shape index (κ1) is 16.7. The average Bonchev–Trinajstić information content (AvgIpc) is 2.67. The smallest absolute Gasteiger partial charge is 0.407 e. The van der Waals surface area contributed by atoms with Crippen LogP contribution in [0.3, 0.4) is 0 Å². The number of hydrogen-bond donors (Lipinski definition) is 1. The molecule has 0 bridgehead atoms. The van der Waals surface area contributed by atoms with Crippen molar-refractivity contribution in [3.63, 3.8) is 0 Å². The molecule has 3 rings (SSSR count). The Morgan fingerprint density at radius 3 is 2.72 bits per heavy atom. The summed E-state index contributed by atoms with van der Waals surface area (Å²) >= 11 is 0. The first-order valence-corrected chi connectivity index (χ1v) is 8.14. The van der Waals surface area contributed by atoms with Crippen LogP contribution in [0.4, 0.5) is 4.79 Å². The fourth-order valence-corrected chi connectivity index (χ4v) is 2.29. The molecule has 25 heavy (non-hydrogen) atoms. The van der Waals surface area contributed by atoms with Crippen molar-refractivity contribution in [1.29, 1.82) is 0 Å². The van der Waals surface area contributed by atoms with Gasteiger partial charge in [-0.15, -0.1) is 0 Å². The van der Waals surface area contributed by atoms with E-state index in [9.17, 15) is 4.79 Å². The van der Waals surface area contributed by atoms with Crippen molar-refractivity contribution in [3.8, 4) is 23.3 Å². The summed E-state index contributed by atoms with van der Waals surface area (Å²) in [6.45, 7) is 1.82. The highest BCUT2D eigenvalue weighted by molar-refractivity contribution is 5.67. The Bertz CT molecular complexity index is 777. The van der Waals surface area contributed by atoms with E-state index in [-0.39, 0.29) is 6.61 Å². The summed E-state index contributed by atoms with van der Waals surface area (Å²) in [5.41, 5.74) is 1.81. The number of carbonyl (C=O) groups excluding carboxylic acids is 1. The molecule has 1 aliphatic rings. The number of fused-ring (bicyclic) bond motifs is 1. The lowest BCUT2D eigenvalue weighted by Gasteiger charge is -2.17. The summed E-state index contributed by atoms with van der Waals surface area (Å²) in [6.07, 6.45) is 0.0968. The largest absolute Gasteiger partial charge is 0.486 e. The molecule has 2 aromatic rings. The highest BCUT2D eigenvalue weighted by Gasteiger charge is 2.10. The van der Waals surface area contributed by atoms with Gasteiger partial charge in [0.1, 0.15) is 19.8 Å². The Morgan fingerprint density at radius 1 is 1.08 bits per heavy atom. The van der Waals surface area contributed by atoms with Crippen molar-refractivity contribution >= 4 is 6.09 Å². The highest BCUT2D eigenvalue weighted by atomic mass is 16.6. The lowest BCUT2D eigenvalue weighted by atomic mass is 10.2. The molecule has 128 valence electrons. The molecule has 0 aliphatic carbocycles. The number of ether oxygens (including phenoxy) is 3. The fraction of sp³-hybridized carbons (Fsp3) is 0.250. The predicted octanol–water partition coefficient (Wildman–Crippen LogP) is 3.13. The number of hydrogen-bond acceptors (Lipinski definition) is 4. The minimum absolute atomic E-state index is 0.259. The number of nitrogens with one attached hydrogen (secondary N) is 1. The van der Waals surface area contributed by atoms with E-state index in [4.69, 9.17) is 14.2 Å². The van der Waals surface area contributed by atoms with Crippen LogP contribution < -0.4 is 14.8 Å². The van der Waals surface area contributed by atoms with Crippen LogP contribution in [0, 0.1) is 11.8 Å². The Morgan fingerprint density at radius 2 is 1.88 bits per heavy atom. The molecule has 0 fully saturated rings. The van der Waals surface area contributed by atoms with E-state index in [0.717, 1.165) is 22.6 Å². The predicted molar refractivity (Wildman–Crippen MR) is 93.6 cm³/mol. The number of carbonyl (C=O) groups is 1. The first-order valence-electron chi connectivity index (χ1n) is 8.14. The van der Waals surface area contributed by atoms with E-state index in [0.29, 0.717) is 26.2 Å². The molecule has 0 saturated carbocycles. The van der Waals surface area contributed by atoms with Crippen molar-refractivity contribution in [3.05, 3.63) is 59.7 Å². The Balaban J connectivity index is 1.38. The topological polar surface area (TPSA) is 56.8 Å². The van der Waals surface area contributed by atoms with E-state index in [1.54, 1.807) is 0 Å². The second kappa shape index (κ2) is 8.65. The second-order valence-corrected chi connectivity index (χ2v) is 5.40. The van der Waals surface area contributed by atoms with Gasteiger partial charge in [-0.1, -0.05) is 42.2 Å². The van der Waals surface area contributed by atoms with E-state index in [1.807, 2.05) is 48.5 Å². The van der Waals surface area contributed by atoms with Crippen LogP contribution in [-0.2, 0) is 11.3 Å². The molecule has 1 aliphatic heterocycles. The van der Waals surface area contributed by atoms with Crippen LogP contribution in [-0.4, -0.2) is 25.9 Å². The molecular weight excluding hydrogens is 318 g/mol. The van der Waals surface area contributed by atoms with Crippen LogP contribution in [0.2, 0.25) is 0 Å². The third-order valence-corrected chi connectivity index (χ3v) is 3.51. The molecule has 0 unspecified atom stereocenters. The summed E-state index contributed by atoms with van der Waals surface area (Å²) in [5.74, 6) is 7.54. The van der Waals surface area contributed by atoms with E-state index >= 15 is 0 Å². The Hall–Kier alpha value is -3.13. The maximum Gasteiger partial charge on any atom is 0.407 e. The van der Waals surface area contributed by atoms with Gasteiger partial charge in [-0.3, -0.25) is 0 Å². The monoisotopic (exact) mass is 337 g/mol. The zero-order valence-electron chi connectivity index (χ0n) is 13.8. The van der Waals surface area contributed by atoms with E-state index in [1.165, 1.54) is 0 Å². The maximum absolute atomic E-state index is 11.6. The minimum atomic E-state index is -0.440. The van der Waals surface area contributed by atoms with Crippen molar-refractivity contribution < 1.29 is 19.0 Å². The Kier molecular flexibility index (Phi) is 5.78. The van der Waals surface area contributed by atoms with Gasteiger partial charge in [0.2, 0.25) is 0 Å². The van der Waals surface area contributed by atoms with Gasteiger partial charge in [0.25, 0.3) is 0 Å². The van der Waals surface area contributed by atoms with Gasteiger partial charge in [0, 0.05) is 18.5 Å². The molecule has 0 aromatic heterocycles. The average molecular weight is 337 g/mol. The molecule has 2 aromatic carbocycles. The van der Waals surface area contributed by atoms with Crippen LogP contribution in [0.15, 0.2) is 48.5 Å². The van der Waals surface area contributed by atoms with Crippen LogP contribution in [0.1, 0.15) is 17.5 Å². The zero-order chi connectivity index (χ0) is 17.3. The fourth-order valence-electron chi connectivity index (χ4n) is 2.29. The van der Waals surface area contributed by atoms with E-state index in [2.05, 4.69) is 17.2 Å². The third kappa shape index (κ3) is 5.18. The zero-order valence-corrected chi connectivity index (χ0v) is 13.8. The van der Waals surface area contributed by atoms with Crippen molar-refractivity contribution in [2.45, 2.75) is 13.0 Å². The molecule has 1 amide bonds. The van der Waals surface area contributed by atoms with Gasteiger partial charge < -0.3 is 19.5 Å². The van der Waals surface area contributed by atoms with Gasteiger partial charge in [-0.05, 0) is 23.8 Å². The Labute approximate surface area is 146 Å². The number of amides is 1. The van der Waals surface area contributed by atoms with Gasteiger partial charge in [0.15, 0.2) is 11.5 Å². The van der Waals surface area contributed by atoms with Gasteiger partial charge in [-0.2, -0.15) is 0 Å². The molecule has 1 N–H and O–H groups in total. The molecule has 0 atom stereocenters. The van der Waals surface area contributed by atoms with Crippen LogP contribution >= 0.6 is 0 Å². The molecule has 5 nitrogen and oxygen atoms in total. The summed E-state index contributed by atoms with van der Waals surface area (Å²) < 4.78 is 16.1. The van der Waals surface area contributed by atoms with Crippen molar-refractivity contribution in [1.82, 2.24) is 5.32 Å². The molecular formula is C20H19NO4. The SMILES string of the molecule is O=C(NCCC#Cc1ccc2c(c1)OCCO2)OCc1ccccc1. The molecule has 0 saturated heterocycles. The van der Waals surface area contributed by atoms with Crippen molar-refractivity contribution in [2.24, 2.45) is 0 Å². The summed E-state index contributed by atoms with van der Waals surface area (Å²) in [5, 5.41) is 2.68. The van der Waals surface area contributed by atoms with Crippen LogP contribution in [0.25, 0.3) is 0 Å². The van der Waals surface area contributed by atoms with E-state index < -0.39 is 6.09 Å². The quantitative estimate of drug-likeness (QED) is 0.688. The number of rotatable bonds is 4. The summed E-state index contributed by atoms with van der Waals surface area (Å²) in [4.78, 5) is 11.6. The molecule has 5 heteroatoms. The molecule has 1 heterocycles. The normalized spacial score (nSPS) is 11.8. The standard InChI is InChI=1S/C20H19NO4/c22-20(25-15-17-7-2-1-3-8-17)21-11-5-4-6-16-9-10-18-19(14-16)24-13-12-23-18/h1-3,7-10,14H,5,11-13,15H2,(H,21,22). The maximum atomic E-state index is 11.6. The highest BCUT2D eigenvalue weighted by Crippen LogP contribution is 2.30. The number of alkyl carbamates (subject to hydrolysis) is 1. The second-order valence-electron chi connectivity index (χ2n) is 5.40. The lowest BCUT2D eigenvalue weighted by Crippen LogP contribution is -2.24. The number of benzene rings is 2.